The highest BCUT2D eigenvalue weighted by atomic mass is 32.2. The zero-order valence-electron chi connectivity index (χ0n) is 33.7. The van der Waals surface area contributed by atoms with E-state index in [0.29, 0.717) is 47.3 Å². The Morgan fingerprint density at radius 1 is 1.00 bits per heavy atom. The average Bonchev–Trinajstić information content (AvgIpc) is 3.68. The highest BCUT2D eigenvalue weighted by Crippen LogP contribution is 2.51. The number of piperidine rings is 1. The van der Waals surface area contributed by atoms with Crippen LogP contribution in [0.4, 0.5) is 17.2 Å². The SMILES string of the molecule is CC1CCC(CNc2ncc(S(=O)(=O)NC(=O)c3ccc(N4CCC5(CC4)CC(N4CCN(C(C)C)CC4)C5)cc3Oc3cnc4[nH]ccc4c3)cc2[N+](=O)[O-])CC1. The van der Waals surface area contributed by atoms with Crippen LogP contribution in [-0.4, -0.2) is 102 Å². The maximum atomic E-state index is 13.9. The minimum Gasteiger partial charge on any atom is -0.455 e. The number of nitrogens with zero attached hydrogens (tertiary/aromatic N) is 6. The van der Waals surface area contributed by atoms with Gasteiger partial charge in [-0.05, 0) is 93.9 Å². The van der Waals surface area contributed by atoms with Crippen LogP contribution >= 0.6 is 0 Å². The molecule has 1 aromatic carbocycles. The number of anilines is 2. The Morgan fingerprint density at radius 3 is 2.45 bits per heavy atom. The van der Waals surface area contributed by atoms with Crippen molar-refractivity contribution in [2.24, 2.45) is 17.3 Å². The van der Waals surface area contributed by atoms with Crippen molar-refractivity contribution in [3.8, 4) is 11.5 Å². The Bertz CT molecular complexity index is 2230. The van der Waals surface area contributed by atoms with E-state index in [9.17, 15) is 23.3 Å². The van der Waals surface area contributed by atoms with Crippen molar-refractivity contribution in [1.29, 1.82) is 0 Å². The lowest BCUT2D eigenvalue weighted by Gasteiger charge is -2.56. The first-order valence-corrected chi connectivity index (χ1v) is 22.3. The van der Waals surface area contributed by atoms with Crippen molar-refractivity contribution >= 4 is 44.2 Å². The summed E-state index contributed by atoms with van der Waals surface area (Å²) in [6.07, 6.45) is 13.2. The van der Waals surface area contributed by atoms with Gasteiger partial charge in [-0.1, -0.05) is 19.8 Å². The lowest BCUT2D eigenvalue weighted by molar-refractivity contribution is -0.384. The number of aromatic nitrogens is 3. The van der Waals surface area contributed by atoms with Gasteiger partial charge in [0, 0.05) is 87.3 Å². The number of piperazine rings is 1. The Morgan fingerprint density at radius 2 is 1.74 bits per heavy atom. The number of amides is 1. The van der Waals surface area contributed by atoms with Crippen LogP contribution in [0.2, 0.25) is 0 Å². The van der Waals surface area contributed by atoms with Gasteiger partial charge in [-0.3, -0.25) is 24.7 Å². The molecule has 58 heavy (non-hydrogen) atoms. The molecule has 16 heteroatoms. The number of nitrogens with one attached hydrogen (secondary N) is 3. The molecule has 0 unspecified atom stereocenters. The molecule has 2 saturated carbocycles. The summed E-state index contributed by atoms with van der Waals surface area (Å²) < 4.78 is 35.6. The van der Waals surface area contributed by atoms with Gasteiger partial charge in [-0.15, -0.1) is 0 Å². The third kappa shape index (κ3) is 8.64. The minimum atomic E-state index is -4.58. The summed E-state index contributed by atoms with van der Waals surface area (Å²) in [6, 6.07) is 11.0. The number of hydrogen-bond donors (Lipinski definition) is 3. The van der Waals surface area contributed by atoms with E-state index in [4.69, 9.17) is 4.74 Å². The van der Waals surface area contributed by atoms with E-state index < -0.39 is 31.4 Å². The van der Waals surface area contributed by atoms with Crippen LogP contribution in [0.3, 0.4) is 0 Å². The second-order valence-corrected chi connectivity index (χ2v) is 19.0. The summed E-state index contributed by atoms with van der Waals surface area (Å²) >= 11 is 0. The number of benzene rings is 1. The van der Waals surface area contributed by atoms with Crippen molar-refractivity contribution in [1.82, 2.24) is 29.5 Å². The number of fused-ring (bicyclic) bond motifs is 1. The summed E-state index contributed by atoms with van der Waals surface area (Å²) in [5, 5.41) is 15.9. The second kappa shape index (κ2) is 16.5. The third-order valence-electron chi connectivity index (χ3n) is 13.2. The molecule has 1 amide bonds. The minimum absolute atomic E-state index is 0.00547. The zero-order valence-corrected chi connectivity index (χ0v) is 34.5. The second-order valence-electron chi connectivity index (χ2n) is 17.3. The van der Waals surface area contributed by atoms with E-state index in [1.807, 2.05) is 12.1 Å². The number of sulfonamides is 1. The quantitative estimate of drug-likeness (QED) is 0.101. The first-order chi connectivity index (χ1) is 27.8. The van der Waals surface area contributed by atoms with E-state index in [0.717, 1.165) is 101 Å². The van der Waals surface area contributed by atoms with Crippen LogP contribution in [0.25, 0.3) is 11.0 Å². The topological polar surface area (TPSA) is 179 Å². The van der Waals surface area contributed by atoms with E-state index in [2.05, 4.69) is 60.5 Å². The molecule has 3 N–H and O–H groups in total. The predicted octanol–water partition coefficient (Wildman–Crippen LogP) is 6.79. The number of pyridine rings is 2. The smallest absolute Gasteiger partial charge is 0.312 e. The molecule has 4 fully saturated rings. The summed E-state index contributed by atoms with van der Waals surface area (Å²) in [5.74, 6) is 0.605. The summed E-state index contributed by atoms with van der Waals surface area (Å²) in [6.45, 7) is 13.6. The van der Waals surface area contributed by atoms with E-state index in [1.165, 1.54) is 12.8 Å². The maximum absolute atomic E-state index is 13.9. The van der Waals surface area contributed by atoms with Gasteiger partial charge in [0.25, 0.3) is 15.9 Å². The molecule has 2 aliphatic heterocycles. The summed E-state index contributed by atoms with van der Waals surface area (Å²) in [5.41, 5.74) is 1.40. The van der Waals surface area contributed by atoms with Gasteiger partial charge in [-0.2, -0.15) is 0 Å². The molecule has 4 aliphatic rings. The Labute approximate surface area is 340 Å². The van der Waals surface area contributed by atoms with Crippen molar-refractivity contribution in [2.75, 3.05) is 56.0 Å². The molecule has 2 saturated heterocycles. The molecule has 8 rings (SSSR count). The fourth-order valence-corrected chi connectivity index (χ4v) is 10.3. The van der Waals surface area contributed by atoms with Crippen molar-refractivity contribution < 1.29 is 22.9 Å². The molecule has 1 spiro atoms. The van der Waals surface area contributed by atoms with Gasteiger partial charge in [0.1, 0.15) is 22.0 Å². The molecular formula is C42H55N9O6S. The van der Waals surface area contributed by atoms with E-state index in [1.54, 1.807) is 30.6 Å². The lowest BCUT2D eigenvalue weighted by Crippen LogP contribution is -2.59. The molecule has 0 bridgehead atoms. The third-order valence-corrected chi connectivity index (χ3v) is 14.5. The maximum Gasteiger partial charge on any atom is 0.312 e. The number of carbonyl (C=O) groups is 1. The van der Waals surface area contributed by atoms with Crippen molar-refractivity contribution in [2.45, 2.75) is 89.1 Å². The van der Waals surface area contributed by atoms with Crippen LogP contribution in [-0.2, 0) is 10.0 Å². The summed E-state index contributed by atoms with van der Waals surface area (Å²) in [7, 11) is -4.58. The number of aromatic amines is 1. The van der Waals surface area contributed by atoms with Crippen LogP contribution < -0.4 is 19.7 Å². The Balaban J connectivity index is 0.967. The standard InChI is InChI=1S/C42H55N9O6S/c1-28(2)48-16-18-50(19-17-48)33-23-42(24-33)11-14-49(15-12-42)32-8-9-36(38(21-32)57-34-20-31-10-13-43-39(31)45-26-34)41(52)47-58(55,56)35-22-37(51(53)54)40(46-27-35)44-25-30-6-4-29(3)5-7-30/h8-10,13,20-22,26-30,33H,4-7,11-12,14-19,23-25H2,1-3H3,(H,43,45)(H,44,46)(H,47,52). The first kappa shape index (κ1) is 40.0. The largest absolute Gasteiger partial charge is 0.455 e. The fourth-order valence-electron chi connectivity index (χ4n) is 9.41. The number of ether oxygens (including phenoxy) is 1. The van der Waals surface area contributed by atoms with Gasteiger partial charge < -0.3 is 19.9 Å². The molecule has 3 aromatic heterocycles. The fraction of sp³-hybridized carbons (Fsp3) is 0.548. The van der Waals surface area contributed by atoms with Crippen molar-refractivity contribution in [3.05, 3.63) is 70.7 Å². The molecule has 310 valence electrons. The van der Waals surface area contributed by atoms with Crippen LogP contribution in [0.1, 0.15) is 82.5 Å². The van der Waals surface area contributed by atoms with Crippen molar-refractivity contribution in [3.63, 3.8) is 0 Å². The molecule has 2 aliphatic carbocycles. The van der Waals surface area contributed by atoms with Crippen LogP contribution in [0.5, 0.6) is 11.5 Å². The zero-order chi connectivity index (χ0) is 40.6. The van der Waals surface area contributed by atoms with Crippen LogP contribution in [0, 0.1) is 27.4 Å². The number of hydrogen-bond acceptors (Lipinski definition) is 12. The number of nitro groups is 1. The highest BCUT2D eigenvalue weighted by Gasteiger charge is 2.48. The number of rotatable bonds is 12. The molecule has 4 aromatic rings. The highest BCUT2D eigenvalue weighted by molar-refractivity contribution is 7.90. The van der Waals surface area contributed by atoms with E-state index in [-0.39, 0.29) is 17.1 Å². The monoisotopic (exact) mass is 813 g/mol. The Hall–Kier alpha value is -4.80. The summed E-state index contributed by atoms with van der Waals surface area (Å²) in [4.78, 5) is 43.9. The van der Waals surface area contributed by atoms with Crippen LogP contribution in [0.15, 0.2) is 59.9 Å². The van der Waals surface area contributed by atoms with Gasteiger partial charge in [0.05, 0.1) is 22.9 Å². The molecule has 0 atom stereocenters. The molecule has 5 heterocycles. The van der Waals surface area contributed by atoms with Gasteiger partial charge >= 0.3 is 5.69 Å². The normalized spacial score (nSPS) is 21.9. The molecular weight excluding hydrogens is 759 g/mol. The molecule has 0 radical (unpaired) electrons. The van der Waals surface area contributed by atoms with E-state index >= 15 is 0 Å². The Kier molecular flexibility index (Phi) is 11.3. The number of carbonyl (C=O) groups excluding carboxylic acids is 1. The lowest BCUT2D eigenvalue weighted by atomic mass is 9.60. The van der Waals surface area contributed by atoms with Gasteiger partial charge in [-0.25, -0.2) is 23.1 Å². The van der Waals surface area contributed by atoms with Gasteiger partial charge in [0.2, 0.25) is 5.82 Å². The number of H-pyrrole nitrogens is 1. The predicted molar refractivity (Wildman–Crippen MR) is 223 cm³/mol. The van der Waals surface area contributed by atoms with Gasteiger partial charge in [0.15, 0.2) is 0 Å². The average molecular weight is 814 g/mol. The first-order valence-electron chi connectivity index (χ1n) is 20.8. The molecule has 15 nitrogen and oxygen atoms in total.